The summed E-state index contributed by atoms with van der Waals surface area (Å²) in [6, 6.07) is 9.90. The molecule has 0 radical (unpaired) electrons. The van der Waals surface area contributed by atoms with Crippen molar-refractivity contribution < 1.29 is 0 Å². The van der Waals surface area contributed by atoms with Crippen LogP contribution in [0.15, 0.2) is 48.7 Å². The second-order valence-corrected chi connectivity index (χ2v) is 5.52. The lowest BCUT2D eigenvalue weighted by atomic mass is 10.1. The minimum atomic E-state index is -1.04. The molecule has 1 unspecified atom stereocenters. The lowest BCUT2D eigenvalue weighted by Gasteiger charge is -2.38. The Morgan fingerprint density at radius 3 is 2.95 bits per heavy atom. The summed E-state index contributed by atoms with van der Waals surface area (Å²) in [5.74, 6) is 0. The van der Waals surface area contributed by atoms with E-state index in [4.69, 9.17) is 29.6 Å². The largest absolute Gasteiger partial charge is 0.376 e. The van der Waals surface area contributed by atoms with Gasteiger partial charge in [0.15, 0.2) is 5.11 Å². The third kappa shape index (κ3) is 3.75. The molecule has 2 rings (SSSR count). The SMILES string of the molecule is N#CC1(NC(N)=S)C=CC=CN1CCc1cccc(Cl)c1. The van der Waals surface area contributed by atoms with Gasteiger partial charge in [0.2, 0.25) is 5.66 Å². The van der Waals surface area contributed by atoms with Crippen LogP contribution >= 0.6 is 23.8 Å². The average molecular weight is 319 g/mol. The van der Waals surface area contributed by atoms with E-state index in [1.807, 2.05) is 41.4 Å². The Balaban J connectivity index is 2.13. The van der Waals surface area contributed by atoms with Crippen molar-refractivity contribution in [2.75, 3.05) is 6.54 Å². The van der Waals surface area contributed by atoms with Crippen molar-refractivity contribution in [3.05, 3.63) is 59.3 Å². The molecule has 4 nitrogen and oxygen atoms in total. The fraction of sp³-hybridized carbons (Fsp3) is 0.200. The van der Waals surface area contributed by atoms with Crippen LogP contribution < -0.4 is 11.1 Å². The maximum absolute atomic E-state index is 9.53. The van der Waals surface area contributed by atoms with Gasteiger partial charge in [-0.1, -0.05) is 29.8 Å². The van der Waals surface area contributed by atoms with Crippen molar-refractivity contribution in [2.24, 2.45) is 5.73 Å². The summed E-state index contributed by atoms with van der Waals surface area (Å²) < 4.78 is 0. The highest BCUT2D eigenvalue weighted by molar-refractivity contribution is 7.80. The summed E-state index contributed by atoms with van der Waals surface area (Å²) in [7, 11) is 0. The van der Waals surface area contributed by atoms with E-state index in [2.05, 4.69) is 11.4 Å². The standard InChI is InChI=1S/C15H15ClN4S/c16-13-5-3-4-12(10-13)6-9-20-8-2-1-7-15(20,11-17)19-14(18)21/h1-5,7-8,10H,6,9H2,(H3,18,19,21). The topological polar surface area (TPSA) is 65.1 Å². The van der Waals surface area contributed by atoms with Crippen LogP contribution in [0.5, 0.6) is 0 Å². The highest BCUT2D eigenvalue weighted by Gasteiger charge is 2.34. The molecule has 0 spiro atoms. The van der Waals surface area contributed by atoms with Crippen molar-refractivity contribution in [3.63, 3.8) is 0 Å². The van der Waals surface area contributed by atoms with Gasteiger partial charge in [-0.05, 0) is 48.5 Å². The highest BCUT2D eigenvalue weighted by atomic mass is 35.5. The predicted molar refractivity (Wildman–Crippen MR) is 88.4 cm³/mol. The lowest BCUT2D eigenvalue weighted by molar-refractivity contribution is 0.236. The van der Waals surface area contributed by atoms with Gasteiger partial charge in [-0.2, -0.15) is 5.26 Å². The molecule has 1 heterocycles. The molecule has 1 aliphatic rings. The predicted octanol–water partition coefficient (Wildman–Crippen LogP) is 2.32. The zero-order valence-corrected chi connectivity index (χ0v) is 12.9. The molecule has 0 fully saturated rings. The van der Waals surface area contributed by atoms with Gasteiger partial charge >= 0.3 is 0 Å². The number of nitrogens with zero attached hydrogens (tertiary/aromatic N) is 2. The summed E-state index contributed by atoms with van der Waals surface area (Å²) >= 11 is 10.9. The number of allylic oxidation sites excluding steroid dienone is 2. The summed E-state index contributed by atoms with van der Waals surface area (Å²) in [6.07, 6.45) is 8.00. The van der Waals surface area contributed by atoms with Crippen LogP contribution in [0.1, 0.15) is 5.56 Å². The smallest absolute Gasteiger partial charge is 0.221 e. The van der Waals surface area contributed by atoms with Gasteiger partial charge in [-0.3, -0.25) is 0 Å². The van der Waals surface area contributed by atoms with Crippen LogP contribution in [-0.2, 0) is 6.42 Å². The Morgan fingerprint density at radius 2 is 2.29 bits per heavy atom. The maximum Gasteiger partial charge on any atom is 0.221 e. The molecule has 1 aromatic rings. The molecule has 0 aliphatic carbocycles. The Hall–Kier alpha value is -2.03. The molecule has 0 bridgehead atoms. The Bertz CT molecular complexity index is 635. The molecule has 1 aliphatic heterocycles. The van der Waals surface area contributed by atoms with Gasteiger partial charge in [-0.15, -0.1) is 0 Å². The van der Waals surface area contributed by atoms with E-state index in [-0.39, 0.29) is 5.11 Å². The first-order valence-corrected chi connectivity index (χ1v) is 7.20. The van der Waals surface area contributed by atoms with Crippen LogP contribution in [0.2, 0.25) is 5.02 Å². The molecule has 3 N–H and O–H groups in total. The number of nitrogens with two attached hydrogens (primary N) is 1. The van der Waals surface area contributed by atoms with Crippen LogP contribution in [0, 0.1) is 11.3 Å². The molecule has 0 aromatic heterocycles. The van der Waals surface area contributed by atoms with Crippen LogP contribution in [-0.4, -0.2) is 22.2 Å². The van der Waals surface area contributed by atoms with Gasteiger partial charge in [0.05, 0.1) is 0 Å². The van der Waals surface area contributed by atoms with E-state index >= 15 is 0 Å². The lowest BCUT2D eigenvalue weighted by Crippen LogP contribution is -2.59. The molecular formula is C15H15ClN4S. The van der Waals surface area contributed by atoms with Gasteiger partial charge < -0.3 is 16.0 Å². The first-order valence-electron chi connectivity index (χ1n) is 6.42. The Kier molecular flexibility index (Phi) is 4.84. The molecule has 0 saturated carbocycles. The summed E-state index contributed by atoms with van der Waals surface area (Å²) in [6.45, 7) is 0.629. The molecule has 0 amide bonds. The van der Waals surface area contributed by atoms with Crippen molar-refractivity contribution in [2.45, 2.75) is 12.1 Å². The van der Waals surface area contributed by atoms with Crippen LogP contribution in [0.3, 0.4) is 0 Å². The van der Waals surface area contributed by atoms with Crippen molar-refractivity contribution in [1.82, 2.24) is 10.2 Å². The summed E-state index contributed by atoms with van der Waals surface area (Å²) in [4.78, 5) is 1.87. The molecule has 6 heteroatoms. The second-order valence-electron chi connectivity index (χ2n) is 4.64. The summed E-state index contributed by atoms with van der Waals surface area (Å²) in [5, 5.41) is 13.2. The normalized spacial score (nSPS) is 20.1. The number of hydrogen-bond acceptors (Lipinski definition) is 3. The van der Waals surface area contributed by atoms with Gasteiger partial charge in [0, 0.05) is 17.8 Å². The third-order valence-electron chi connectivity index (χ3n) is 3.18. The molecular weight excluding hydrogens is 304 g/mol. The quantitative estimate of drug-likeness (QED) is 0.834. The maximum atomic E-state index is 9.53. The second kappa shape index (κ2) is 6.61. The average Bonchev–Trinajstić information content (AvgIpc) is 2.46. The number of halogens is 1. The van der Waals surface area contributed by atoms with E-state index < -0.39 is 5.66 Å². The number of thiocarbonyl (C=S) groups is 1. The highest BCUT2D eigenvalue weighted by Crippen LogP contribution is 2.20. The Labute approximate surface area is 134 Å². The fourth-order valence-corrected chi connectivity index (χ4v) is 2.55. The first kappa shape index (κ1) is 15.4. The van der Waals surface area contributed by atoms with E-state index in [0.717, 1.165) is 12.0 Å². The van der Waals surface area contributed by atoms with E-state index in [9.17, 15) is 5.26 Å². The minimum Gasteiger partial charge on any atom is -0.376 e. The number of rotatable bonds is 4. The van der Waals surface area contributed by atoms with Crippen LogP contribution in [0.25, 0.3) is 0 Å². The Morgan fingerprint density at radius 1 is 1.48 bits per heavy atom. The molecule has 0 saturated heterocycles. The molecule has 108 valence electrons. The van der Waals surface area contributed by atoms with Crippen LogP contribution in [0.4, 0.5) is 0 Å². The van der Waals surface area contributed by atoms with Gasteiger partial charge in [-0.25, -0.2) is 0 Å². The van der Waals surface area contributed by atoms with Gasteiger partial charge in [0.1, 0.15) is 6.07 Å². The summed E-state index contributed by atoms with van der Waals surface area (Å²) in [5.41, 5.74) is 5.60. The molecule has 21 heavy (non-hydrogen) atoms. The van der Waals surface area contributed by atoms with Gasteiger partial charge in [0.25, 0.3) is 0 Å². The number of nitrogens with one attached hydrogen (secondary N) is 1. The fourth-order valence-electron chi connectivity index (χ4n) is 2.19. The number of benzene rings is 1. The van der Waals surface area contributed by atoms with Crippen molar-refractivity contribution >= 4 is 28.9 Å². The monoisotopic (exact) mass is 318 g/mol. The van der Waals surface area contributed by atoms with Crippen molar-refractivity contribution in [3.8, 4) is 6.07 Å². The minimum absolute atomic E-state index is 0.0873. The van der Waals surface area contributed by atoms with E-state index in [0.29, 0.717) is 11.6 Å². The number of hydrogen-bond donors (Lipinski definition) is 2. The zero-order chi connectivity index (χ0) is 15.3. The van der Waals surface area contributed by atoms with E-state index in [1.165, 1.54) is 0 Å². The number of nitriles is 1. The van der Waals surface area contributed by atoms with E-state index in [1.54, 1.807) is 12.2 Å². The first-order chi connectivity index (χ1) is 10.1. The molecule has 1 atom stereocenters. The molecule has 1 aromatic carbocycles. The van der Waals surface area contributed by atoms with Crippen molar-refractivity contribution in [1.29, 1.82) is 5.26 Å². The third-order valence-corrected chi connectivity index (χ3v) is 3.52. The zero-order valence-electron chi connectivity index (χ0n) is 11.3.